The molecule has 0 saturated carbocycles. The van der Waals surface area contributed by atoms with Gasteiger partial charge >= 0.3 is 0 Å². The number of fused-ring (bicyclic) bond motifs is 3. The highest BCUT2D eigenvalue weighted by Gasteiger charge is 2.35. The zero-order valence-electron chi connectivity index (χ0n) is 15.8. The summed E-state index contributed by atoms with van der Waals surface area (Å²) in [4.78, 5) is 17.0. The van der Waals surface area contributed by atoms with Crippen molar-refractivity contribution in [3.63, 3.8) is 0 Å². The number of carbonyl (C=O) groups is 1. The third-order valence-electron chi connectivity index (χ3n) is 5.71. The molecule has 1 saturated heterocycles. The Morgan fingerprint density at radius 2 is 1.52 bits per heavy atom. The number of amides is 1. The first-order chi connectivity index (χ1) is 12.7. The molecule has 27 heavy (non-hydrogen) atoms. The molecule has 1 heterocycles. The molecule has 144 valence electrons. The Morgan fingerprint density at radius 3 is 2.04 bits per heavy atom. The minimum absolute atomic E-state index is 0. The maximum absolute atomic E-state index is 12.5. The molecule has 1 aliphatic heterocycles. The van der Waals surface area contributed by atoms with E-state index in [0.717, 1.165) is 39.0 Å². The van der Waals surface area contributed by atoms with Gasteiger partial charge in [-0.2, -0.15) is 0 Å². The van der Waals surface area contributed by atoms with Gasteiger partial charge in [0.25, 0.3) is 0 Å². The van der Waals surface area contributed by atoms with Crippen molar-refractivity contribution < 1.29 is 4.79 Å². The largest absolute Gasteiger partial charge is 0.339 e. The van der Waals surface area contributed by atoms with Crippen LogP contribution >= 0.6 is 12.4 Å². The number of nitrogens with two attached hydrogens (primary N) is 1. The van der Waals surface area contributed by atoms with Crippen molar-refractivity contribution in [2.24, 2.45) is 5.73 Å². The highest BCUT2D eigenvalue weighted by molar-refractivity contribution is 5.85. The second-order valence-corrected chi connectivity index (χ2v) is 7.33. The fourth-order valence-corrected chi connectivity index (χ4v) is 4.39. The summed E-state index contributed by atoms with van der Waals surface area (Å²) < 4.78 is 0. The number of carbonyl (C=O) groups excluding carboxylic acids is 1. The van der Waals surface area contributed by atoms with Crippen LogP contribution in [-0.2, 0) is 4.79 Å². The normalized spacial score (nSPS) is 17.8. The molecule has 2 aromatic carbocycles. The lowest BCUT2D eigenvalue weighted by Crippen LogP contribution is -2.53. The highest BCUT2D eigenvalue weighted by atomic mass is 35.5. The summed E-state index contributed by atoms with van der Waals surface area (Å²) in [5.41, 5.74) is 11.5. The Morgan fingerprint density at radius 1 is 1.00 bits per heavy atom. The summed E-state index contributed by atoms with van der Waals surface area (Å²) in [6.45, 7) is 5.37. The predicted octanol–water partition coefficient (Wildman–Crippen LogP) is 3.45. The van der Waals surface area contributed by atoms with Gasteiger partial charge in [0.15, 0.2) is 0 Å². The van der Waals surface area contributed by atoms with Gasteiger partial charge in [-0.25, -0.2) is 0 Å². The number of rotatable bonds is 4. The average Bonchev–Trinajstić information content (AvgIpc) is 3.02. The lowest BCUT2D eigenvalue weighted by molar-refractivity contribution is -0.134. The van der Waals surface area contributed by atoms with Crippen LogP contribution in [0.1, 0.15) is 36.9 Å². The van der Waals surface area contributed by atoms with Crippen LogP contribution in [0.5, 0.6) is 0 Å². The minimum Gasteiger partial charge on any atom is -0.339 e. The van der Waals surface area contributed by atoms with Gasteiger partial charge in [0.2, 0.25) is 5.91 Å². The van der Waals surface area contributed by atoms with E-state index in [1.807, 2.05) is 4.90 Å². The summed E-state index contributed by atoms with van der Waals surface area (Å²) in [5.74, 6) is 0.110. The molecule has 4 nitrogen and oxygen atoms in total. The zero-order chi connectivity index (χ0) is 18.1. The Balaban J connectivity index is 0.00000210. The van der Waals surface area contributed by atoms with E-state index in [2.05, 4.69) is 60.4 Å². The van der Waals surface area contributed by atoms with Crippen molar-refractivity contribution in [1.82, 2.24) is 9.80 Å². The molecule has 0 radical (unpaired) electrons. The van der Waals surface area contributed by atoms with Crippen LogP contribution in [0, 0.1) is 0 Å². The van der Waals surface area contributed by atoms with Crippen LogP contribution in [0.2, 0.25) is 0 Å². The third-order valence-corrected chi connectivity index (χ3v) is 5.71. The summed E-state index contributed by atoms with van der Waals surface area (Å²) in [6.07, 6.45) is 1.71. The standard InChI is InChI=1S/C22H27N3O.ClH/c1-2-7-20(23)22(26)25-14-12-24(13-15-25)21-18-10-5-3-8-16(18)17-9-4-6-11-19(17)21;/h3-6,8-11,20-21H,2,7,12-15,23H2,1H3;1H. The van der Waals surface area contributed by atoms with E-state index in [0.29, 0.717) is 6.04 Å². The van der Waals surface area contributed by atoms with Crippen LogP contribution in [0.3, 0.4) is 0 Å². The van der Waals surface area contributed by atoms with Crippen molar-refractivity contribution in [1.29, 1.82) is 0 Å². The number of piperazine rings is 1. The second-order valence-electron chi connectivity index (χ2n) is 7.33. The molecule has 0 bridgehead atoms. The second kappa shape index (κ2) is 8.42. The summed E-state index contributed by atoms with van der Waals surface area (Å²) in [6, 6.07) is 17.4. The molecule has 1 fully saturated rings. The summed E-state index contributed by atoms with van der Waals surface area (Å²) in [7, 11) is 0. The molecule has 1 amide bonds. The van der Waals surface area contributed by atoms with E-state index in [-0.39, 0.29) is 24.4 Å². The fourth-order valence-electron chi connectivity index (χ4n) is 4.39. The Kier molecular flexibility index (Phi) is 6.20. The van der Waals surface area contributed by atoms with Gasteiger partial charge in [0, 0.05) is 26.2 Å². The Bertz CT molecular complexity index is 756. The summed E-state index contributed by atoms with van der Waals surface area (Å²) in [5, 5.41) is 0. The number of nitrogens with zero attached hydrogens (tertiary/aromatic N) is 2. The quantitative estimate of drug-likeness (QED) is 0.876. The van der Waals surface area contributed by atoms with Gasteiger partial charge in [0.1, 0.15) is 0 Å². The van der Waals surface area contributed by atoms with E-state index in [1.54, 1.807) is 0 Å². The van der Waals surface area contributed by atoms with E-state index >= 15 is 0 Å². The van der Waals surface area contributed by atoms with Gasteiger partial charge in [-0.05, 0) is 28.7 Å². The van der Waals surface area contributed by atoms with E-state index < -0.39 is 0 Å². The molecule has 2 aromatic rings. The number of hydrogen-bond acceptors (Lipinski definition) is 3. The van der Waals surface area contributed by atoms with E-state index in [9.17, 15) is 4.79 Å². The number of halogens is 1. The van der Waals surface area contributed by atoms with Gasteiger partial charge in [-0.1, -0.05) is 61.9 Å². The molecular weight excluding hydrogens is 358 g/mol. The van der Waals surface area contributed by atoms with Gasteiger partial charge in [-0.15, -0.1) is 12.4 Å². The SMILES string of the molecule is CCCC(N)C(=O)N1CCN(C2c3ccccc3-c3ccccc32)CC1.Cl. The number of hydrogen-bond donors (Lipinski definition) is 1. The third kappa shape index (κ3) is 3.62. The van der Waals surface area contributed by atoms with Gasteiger partial charge < -0.3 is 10.6 Å². The molecule has 1 atom stereocenters. The van der Waals surface area contributed by atoms with Gasteiger partial charge in [-0.3, -0.25) is 9.69 Å². The monoisotopic (exact) mass is 385 g/mol. The first kappa shape index (κ1) is 19.9. The molecule has 4 rings (SSSR count). The minimum atomic E-state index is -0.348. The van der Waals surface area contributed by atoms with Crippen LogP contribution in [0.15, 0.2) is 48.5 Å². The molecular formula is C22H28ClN3O. The fraction of sp³-hybridized carbons (Fsp3) is 0.409. The lowest BCUT2D eigenvalue weighted by Gasteiger charge is -2.39. The van der Waals surface area contributed by atoms with Crippen molar-refractivity contribution in [3.8, 4) is 11.1 Å². The maximum Gasteiger partial charge on any atom is 0.239 e. The molecule has 1 aliphatic carbocycles. The molecule has 5 heteroatoms. The maximum atomic E-state index is 12.5. The van der Waals surface area contributed by atoms with Crippen LogP contribution in [-0.4, -0.2) is 47.9 Å². The average molecular weight is 386 g/mol. The van der Waals surface area contributed by atoms with E-state index in [1.165, 1.54) is 22.3 Å². The lowest BCUT2D eigenvalue weighted by atomic mass is 10.0. The summed E-state index contributed by atoms with van der Waals surface area (Å²) >= 11 is 0. The molecule has 0 aromatic heterocycles. The molecule has 0 spiro atoms. The van der Waals surface area contributed by atoms with E-state index in [4.69, 9.17) is 5.73 Å². The predicted molar refractivity (Wildman–Crippen MR) is 112 cm³/mol. The zero-order valence-corrected chi connectivity index (χ0v) is 16.6. The van der Waals surface area contributed by atoms with Crippen LogP contribution < -0.4 is 5.73 Å². The van der Waals surface area contributed by atoms with Crippen molar-refractivity contribution in [2.45, 2.75) is 31.8 Å². The first-order valence-corrected chi connectivity index (χ1v) is 9.67. The van der Waals surface area contributed by atoms with Crippen LogP contribution in [0.25, 0.3) is 11.1 Å². The Labute approximate surface area is 167 Å². The highest BCUT2D eigenvalue weighted by Crippen LogP contribution is 2.46. The Hall–Kier alpha value is -1.88. The molecule has 2 aliphatic rings. The van der Waals surface area contributed by atoms with Gasteiger partial charge in [0.05, 0.1) is 12.1 Å². The topological polar surface area (TPSA) is 49.6 Å². The molecule has 2 N–H and O–H groups in total. The van der Waals surface area contributed by atoms with Crippen molar-refractivity contribution >= 4 is 18.3 Å². The van der Waals surface area contributed by atoms with Crippen molar-refractivity contribution in [2.75, 3.05) is 26.2 Å². The molecule has 1 unspecified atom stereocenters. The van der Waals surface area contributed by atoms with Crippen molar-refractivity contribution in [3.05, 3.63) is 59.7 Å². The van der Waals surface area contributed by atoms with Crippen LogP contribution in [0.4, 0.5) is 0 Å². The number of benzene rings is 2. The smallest absolute Gasteiger partial charge is 0.239 e. The first-order valence-electron chi connectivity index (χ1n) is 9.67.